The van der Waals surface area contributed by atoms with E-state index >= 15 is 0 Å². The maximum Gasteiger partial charge on any atom is 0.407 e. The normalized spacial score (nSPS) is 15.0. The molecule has 0 aromatic carbocycles. The highest BCUT2D eigenvalue weighted by atomic mass is 16.6. The number of amides is 1. The van der Waals surface area contributed by atoms with Crippen LogP contribution in [0.25, 0.3) is 0 Å². The summed E-state index contributed by atoms with van der Waals surface area (Å²) in [6.07, 6.45) is 24.0. The first kappa shape index (κ1) is 37.1. The van der Waals surface area contributed by atoms with Crippen LogP contribution < -0.4 is 16.6 Å². The highest BCUT2D eigenvalue weighted by molar-refractivity contribution is 5.67. The maximum absolute atomic E-state index is 13.0. The predicted molar refractivity (Wildman–Crippen MR) is 175 cm³/mol. The Bertz CT molecular complexity index is 986. The zero-order chi connectivity index (χ0) is 31.2. The zero-order valence-electron chi connectivity index (χ0n) is 27.8. The Kier molecular flexibility index (Phi) is 19.3. The first-order valence-corrected chi connectivity index (χ1v) is 17.5. The van der Waals surface area contributed by atoms with E-state index in [0.29, 0.717) is 13.1 Å². The van der Waals surface area contributed by atoms with E-state index in [4.69, 9.17) is 9.47 Å². The third-order valence-corrected chi connectivity index (χ3v) is 9.08. The number of hydrogen-bond donors (Lipinski definition) is 1. The standard InChI is InChI=1S/C34H62N4O5/c1-4-5-6-7-8-9-10-11-12-13-14-15-16-17-18-19-23-35-33(40)43-30-31(42-3)29-36-24-22-32(39)37(34(36)41)25-28-38(2)26-20-21-27-38/h22,24,31H,4-21,23,25-30H2,1-3H3/p+1. The fraction of sp³-hybridized carbons (Fsp3) is 0.853. The Morgan fingerprint density at radius 3 is 1.95 bits per heavy atom. The fourth-order valence-corrected chi connectivity index (χ4v) is 6.06. The highest BCUT2D eigenvalue weighted by Crippen LogP contribution is 2.16. The summed E-state index contributed by atoms with van der Waals surface area (Å²) in [6.45, 7) is 6.42. The number of unbranched alkanes of at least 4 members (excludes halogenated alkanes) is 15. The van der Waals surface area contributed by atoms with Crippen LogP contribution in [0.1, 0.15) is 122 Å². The Balaban J connectivity index is 1.51. The molecule has 9 nitrogen and oxygen atoms in total. The van der Waals surface area contributed by atoms with Crippen molar-refractivity contribution in [2.24, 2.45) is 0 Å². The van der Waals surface area contributed by atoms with Gasteiger partial charge in [-0.2, -0.15) is 0 Å². The number of aromatic nitrogens is 2. The lowest BCUT2D eigenvalue weighted by Gasteiger charge is -2.29. The number of likely N-dealkylation sites (N-methyl/N-ethyl adjacent to an activating group) is 1. The Morgan fingerprint density at radius 1 is 0.884 bits per heavy atom. The number of nitrogens with zero attached hydrogens (tertiary/aromatic N) is 3. The molecule has 1 fully saturated rings. The molecule has 0 radical (unpaired) electrons. The monoisotopic (exact) mass is 607 g/mol. The lowest BCUT2D eigenvalue weighted by Crippen LogP contribution is -2.48. The van der Waals surface area contributed by atoms with Crippen molar-refractivity contribution in [2.45, 2.75) is 142 Å². The molecule has 2 rings (SSSR count). The van der Waals surface area contributed by atoms with E-state index in [9.17, 15) is 14.4 Å². The molecule has 1 N–H and O–H groups in total. The van der Waals surface area contributed by atoms with Crippen LogP contribution in [-0.2, 0) is 22.6 Å². The van der Waals surface area contributed by atoms with Crippen molar-refractivity contribution < 1.29 is 18.8 Å². The van der Waals surface area contributed by atoms with Crippen molar-refractivity contribution in [1.82, 2.24) is 14.5 Å². The van der Waals surface area contributed by atoms with Gasteiger partial charge in [0.2, 0.25) is 0 Å². The number of methoxy groups -OCH3 is 1. The smallest absolute Gasteiger partial charge is 0.407 e. The van der Waals surface area contributed by atoms with E-state index in [1.807, 2.05) is 0 Å². The highest BCUT2D eigenvalue weighted by Gasteiger charge is 2.27. The van der Waals surface area contributed by atoms with Gasteiger partial charge in [0.15, 0.2) is 0 Å². The minimum absolute atomic E-state index is 0.0296. The third kappa shape index (κ3) is 16.0. The number of ether oxygens (including phenoxy) is 2. The van der Waals surface area contributed by atoms with Crippen molar-refractivity contribution in [3.05, 3.63) is 33.1 Å². The van der Waals surface area contributed by atoms with Crippen molar-refractivity contribution in [1.29, 1.82) is 0 Å². The van der Waals surface area contributed by atoms with Gasteiger partial charge in [0.05, 0.1) is 39.8 Å². The molecule has 43 heavy (non-hydrogen) atoms. The van der Waals surface area contributed by atoms with Gasteiger partial charge in [-0.15, -0.1) is 0 Å². The molecule has 1 aliphatic rings. The lowest BCUT2D eigenvalue weighted by atomic mass is 10.0. The summed E-state index contributed by atoms with van der Waals surface area (Å²) in [5.41, 5.74) is -0.640. The topological polar surface area (TPSA) is 91.6 Å². The summed E-state index contributed by atoms with van der Waals surface area (Å²) in [4.78, 5) is 37.6. The average molecular weight is 608 g/mol. The molecule has 1 unspecified atom stereocenters. The van der Waals surface area contributed by atoms with Gasteiger partial charge < -0.3 is 19.3 Å². The van der Waals surface area contributed by atoms with E-state index < -0.39 is 12.2 Å². The summed E-state index contributed by atoms with van der Waals surface area (Å²) in [6, 6.07) is 1.42. The van der Waals surface area contributed by atoms with Gasteiger partial charge in [-0.25, -0.2) is 9.59 Å². The van der Waals surface area contributed by atoms with Crippen LogP contribution >= 0.6 is 0 Å². The van der Waals surface area contributed by atoms with Gasteiger partial charge in [-0.1, -0.05) is 103 Å². The second kappa shape index (κ2) is 22.4. The van der Waals surface area contributed by atoms with E-state index in [2.05, 4.69) is 19.3 Å². The molecule has 1 aliphatic heterocycles. The summed E-state index contributed by atoms with van der Waals surface area (Å²) < 4.78 is 14.5. The number of carbonyl (C=O) groups excluding carboxylic acids is 1. The van der Waals surface area contributed by atoms with Gasteiger partial charge >= 0.3 is 11.8 Å². The fourth-order valence-electron chi connectivity index (χ4n) is 6.06. The quantitative estimate of drug-likeness (QED) is 0.105. The molecule has 0 bridgehead atoms. The third-order valence-electron chi connectivity index (χ3n) is 9.08. The molecule has 1 atom stereocenters. The molecule has 1 aromatic heterocycles. The summed E-state index contributed by atoms with van der Waals surface area (Å²) >= 11 is 0. The molecule has 1 amide bonds. The van der Waals surface area contributed by atoms with Crippen LogP contribution in [0.2, 0.25) is 0 Å². The molecule has 0 spiro atoms. The van der Waals surface area contributed by atoms with Crippen LogP contribution in [0.3, 0.4) is 0 Å². The van der Waals surface area contributed by atoms with Gasteiger partial charge in [-0.3, -0.25) is 13.9 Å². The summed E-state index contributed by atoms with van der Waals surface area (Å²) in [5, 5.41) is 2.82. The van der Waals surface area contributed by atoms with Gasteiger partial charge in [0.1, 0.15) is 12.7 Å². The number of carbonyl (C=O) groups is 1. The second-order valence-corrected chi connectivity index (χ2v) is 12.9. The number of nitrogens with one attached hydrogen (secondary N) is 1. The molecule has 248 valence electrons. The SMILES string of the molecule is CCCCCCCCCCCCCCCCCCNC(=O)OCC(Cn1ccc(=O)n(CC[N+]2(C)CCCC2)c1=O)OC. The number of hydrogen-bond acceptors (Lipinski definition) is 5. The van der Waals surface area contributed by atoms with E-state index in [1.54, 1.807) is 0 Å². The van der Waals surface area contributed by atoms with E-state index in [-0.39, 0.29) is 24.4 Å². The number of quaternary nitrogens is 1. The van der Waals surface area contributed by atoms with E-state index in [0.717, 1.165) is 37.0 Å². The first-order valence-electron chi connectivity index (χ1n) is 17.5. The van der Waals surface area contributed by atoms with E-state index in [1.165, 1.54) is 131 Å². The minimum atomic E-state index is -0.493. The molecule has 2 heterocycles. The van der Waals surface area contributed by atoms with Crippen LogP contribution in [0.5, 0.6) is 0 Å². The lowest BCUT2D eigenvalue weighted by molar-refractivity contribution is -0.898. The largest absolute Gasteiger partial charge is 0.447 e. The van der Waals surface area contributed by atoms with Crippen molar-refractivity contribution in [3.63, 3.8) is 0 Å². The molecule has 0 saturated carbocycles. The van der Waals surface area contributed by atoms with Gasteiger partial charge in [-0.05, 0) is 6.42 Å². The number of rotatable bonds is 25. The Labute approximate surface area is 260 Å². The average Bonchev–Trinajstić information content (AvgIpc) is 3.44. The van der Waals surface area contributed by atoms with Gasteiger partial charge in [0, 0.05) is 38.8 Å². The number of likely N-dealkylation sites (tertiary alicyclic amines) is 1. The predicted octanol–water partition coefficient (Wildman–Crippen LogP) is 6.25. The molecule has 0 aliphatic carbocycles. The van der Waals surface area contributed by atoms with Crippen LogP contribution in [-0.4, -0.2) is 72.8 Å². The van der Waals surface area contributed by atoms with Crippen molar-refractivity contribution in [2.75, 3.05) is 46.9 Å². The number of alkyl carbamates (subject to hydrolysis) is 1. The Hall–Kier alpha value is -2.13. The van der Waals surface area contributed by atoms with Crippen molar-refractivity contribution >= 4 is 6.09 Å². The second-order valence-electron chi connectivity index (χ2n) is 12.9. The summed E-state index contributed by atoms with van der Waals surface area (Å²) in [7, 11) is 3.71. The first-order chi connectivity index (χ1) is 20.9. The van der Waals surface area contributed by atoms with Crippen LogP contribution in [0.4, 0.5) is 4.79 Å². The molecule has 1 saturated heterocycles. The van der Waals surface area contributed by atoms with Crippen LogP contribution in [0.15, 0.2) is 21.9 Å². The zero-order valence-corrected chi connectivity index (χ0v) is 27.8. The molecular formula is C34H63N4O5+. The molecule has 1 aromatic rings. The van der Waals surface area contributed by atoms with Gasteiger partial charge in [0.25, 0.3) is 5.56 Å². The Morgan fingerprint density at radius 2 is 1.42 bits per heavy atom. The minimum Gasteiger partial charge on any atom is -0.447 e. The van der Waals surface area contributed by atoms with Crippen LogP contribution in [0, 0.1) is 0 Å². The maximum atomic E-state index is 13.0. The van der Waals surface area contributed by atoms with Crippen molar-refractivity contribution in [3.8, 4) is 0 Å². The molecular weight excluding hydrogens is 544 g/mol. The molecule has 9 heteroatoms. The summed E-state index contributed by atoms with van der Waals surface area (Å²) in [5.74, 6) is 0.